The molecule has 1 rings (SSSR count). The summed E-state index contributed by atoms with van der Waals surface area (Å²) in [5, 5.41) is 3.50. The smallest absolute Gasteiger partial charge is 0.0223 e. The fourth-order valence-corrected chi connectivity index (χ4v) is 2.72. The van der Waals surface area contributed by atoms with Crippen molar-refractivity contribution in [1.82, 2.24) is 10.2 Å². The number of piperidine rings is 1. The fourth-order valence-electron chi connectivity index (χ4n) is 2.72. The Balaban J connectivity index is 2.41. The molecular formula is C13H28N2. The van der Waals surface area contributed by atoms with Crippen LogP contribution >= 0.6 is 0 Å². The van der Waals surface area contributed by atoms with Crippen molar-refractivity contribution >= 4 is 0 Å². The molecule has 2 unspecified atom stereocenters. The van der Waals surface area contributed by atoms with E-state index in [4.69, 9.17) is 0 Å². The minimum atomic E-state index is 0.777. The summed E-state index contributed by atoms with van der Waals surface area (Å²) in [4.78, 5) is 2.73. The number of likely N-dealkylation sites (N-methyl/N-ethyl adjacent to an activating group) is 1. The van der Waals surface area contributed by atoms with Gasteiger partial charge in [0, 0.05) is 18.6 Å². The Morgan fingerprint density at radius 2 is 2.13 bits per heavy atom. The molecule has 1 saturated heterocycles. The topological polar surface area (TPSA) is 15.3 Å². The first-order chi connectivity index (χ1) is 7.29. The van der Waals surface area contributed by atoms with Gasteiger partial charge in [-0.15, -0.1) is 0 Å². The third-order valence-electron chi connectivity index (χ3n) is 3.58. The summed E-state index contributed by atoms with van der Waals surface area (Å²) in [6.45, 7) is 10.5. The number of hydrogen-bond acceptors (Lipinski definition) is 2. The van der Waals surface area contributed by atoms with Crippen molar-refractivity contribution in [3.8, 4) is 0 Å². The van der Waals surface area contributed by atoms with E-state index in [0.717, 1.165) is 18.6 Å². The third kappa shape index (κ3) is 4.12. The molecule has 0 aromatic carbocycles. The van der Waals surface area contributed by atoms with E-state index >= 15 is 0 Å². The average Bonchev–Trinajstić information content (AvgIpc) is 2.27. The summed E-state index contributed by atoms with van der Waals surface area (Å²) >= 11 is 0. The molecule has 0 aromatic heterocycles. The maximum atomic E-state index is 3.50. The minimum absolute atomic E-state index is 0.777. The molecule has 0 aromatic rings. The van der Waals surface area contributed by atoms with Crippen molar-refractivity contribution in [2.45, 2.75) is 65.0 Å². The Morgan fingerprint density at radius 1 is 1.33 bits per heavy atom. The van der Waals surface area contributed by atoms with Crippen LogP contribution in [0.15, 0.2) is 0 Å². The molecule has 0 saturated carbocycles. The van der Waals surface area contributed by atoms with E-state index in [-0.39, 0.29) is 0 Å². The molecule has 1 aliphatic heterocycles. The highest BCUT2D eigenvalue weighted by Gasteiger charge is 2.25. The van der Waals surface area contributed by atoms with E-state index < -0.39 is 0 Å². The molecule has 2 atom stereocenters. The molecule has 1 N–H and O–H groups in total. The van der Waals surface area contributed by atoms with Crippen molar-refractivity contribution < 1.29 is 0 Å². The first-order valence-electron chi connectivity index (χ1n) is 6.76. The van der Waals surface area contributed by atoms with Gasteiger partial charge in [-0.2, -0.15) is 0 Å². The van der Waals surface area contributed by atoms with E-state index in [1.165, 1.54) is 45.2 Å². The molecule has 90 valence electrons. The quantitative estimate of drug-likeness (QED) is 0.728. The van der Waals surface area contributed by atoms with Gasteiger partial charge in [-0.25, -0.2) is 0 Å². The van der Waals surface area contributed by atoms with Gasteiger partial charge in [0.2, 0.25) is 0 Å². The maximum Gasteiger partial charge on any atom is 0.0223 e. The van der Waals surface area contributed by atoms with Gasteiger partial charge in [-0.1, -0.05) is 26.7 Å². The van der Waals surface area contributed by atoms with Gasteiger partial charge < -0.3 is 5.32 Å². The van der Waals surface area contributed by atoms with E-state index in [9.17, 15) is 0 Å². The highest BCUT2D eigenvalue weighted by atomic mass is 15.2. The van der Waals surface area contributed by atoms with Crippen molar-refractivity contribution in [2.75, 3.05) is 19.6 Å². The number of rotatable bonds is 6. The summed E-state index contributed by atoms with van der Waals surface area (Å²) in [6, 6.07) is 1.57. The van der Waals surface area contributed by atoms with E-state index in [0.29, 0.717) is 0 Å². The van der Waals surface area contributed by atoms with Crippen LogP contribution in [0.2, 0.25) is 0 Å². The van der Waals surface area contributed by atoms with Crippen molar-refractivity contribution in [3.63, 3.8) is 0 Å². The summed E-state index contributed by atoms with van der Waals surface area (Å²) in [5.41, 5.74) is 0. The molecule has 1 aliphatic rings. The Labute approximate surface area is 95.4 Å². The molecule has 0 bridgehead atoms. The molecule has 2 heteroatoms. The Hall–Kier alpha value is -0.0800. The lowest BCUT2D eigenvalue weighted by Gasteiger charge is -2.40. The first kappa shape index (κ1) is 13.0. The zero-order valence-electron chi connectivity index (χ0n) is 10.8. The molecule has 2 nitrogen and oxygen atoms in total. The second-order valence-electron chi connectivity index (χ2n) is 4.83. The molecule has 1 heterocycles. The van der Waals surface area contributed by atoms with Gasteiger partial charge in [-0.3, -0.25) is 4.90 Å². The monoisotopic (exact) mass is 212 g/mol. The van der Waals surface area contributed by atoms with Gasteiger partial charge in [0.25, 0.3) is 0 Å². The zero-order valence-corrected chi connectivity index (χ0v) is 10.8. The molecule has 1 fully saturated rings. The average molecular weight is 212 g/mol. The number of likely N-dealkylation sites (tertiary alicyclic amines) is 1. The lowest BCUT2D eigenvalue weighted by Crippen LogP contribution is -2.49. The van der Waals surface area contributed by atoms with Gasteiger partial charge in [0.1, 0.15) is 0 Å². The highest BCUT2D eigenvalue weighted by molar-refractivity contribution is 4.82. The van der Waals surface area contributed by atoms with Crippen LogP contribution in [0, 0.1) is 0 Å². The Kier molecular flexibility index (Phi) is 6.26. The molecular weight excluding hydrogens is 184 g/mol. The van der Waals surface area contributed by atoms with E-state index in [1.54, 1.807) is 0 Å². The lowest BCUT2D eigenvalue weighted by atomic mass is 9.98. The predicted molar refractivity (Wildman–Crippen MR) is 67.3 cm³/mol. The Morgan fingerprint density at radius 3 is 2.80 bits per heavy atom. The second-order valence-corrected chi connectivity index (χ2v) is 4.83. The second kappa shape index (κ2) is 7.24. The molecule has 0 amide bonds. The normalized spacial score (nSPS) is 25.4. The van der Waals surface area contributed by atoms with Crippen LogP contribution in [0.3, 0.4) is 0 Å². The van der Waals surface area contributed by atoms with E-state index in [2.05, 4.69) is 31.0 Å². The van der Waals surface area contributed by atoms with Crippen molar-refractivity contribution in [3.05, 3.63) is 0 Å². The number of nitrogens with one attached hydrogen (secondary N) is 1. The number of nitrogens with zero attached hydrogens (tertiary/aromatic N) is 1. The van der Waals surface area contributed by atoms with Crippen LogP contribution in [0.5, 0.6) is 0 Å². The zero-order chi connectivity index (χ0) is 11.1. The van der Waals surface area contributed by atoms with Crippen molar-refractivity contribution in [1.29, 1.82) is 0 Å². The van der Waals surface area contributed by atoms with Crippen molar-refractivity contribution in [2.24, 2.45) is 0 Å². The fraction of sp³-hybridized carbons (Fsp3) is 1.00. The van der Waals surface area contributed by atoms with Gasteiger partial charge in [-0.05, 0) is 39.3 Å². The van der Waals surface area contributed by atoms with E-state index in [1.807, 2.05) is 0 Å². The summed E-state index contributed by atoms with van der Waals surface area (Å²) in [6.07, 6.45) is 6.87. The van der Waals surface area contributed by atoms with Crippen LogP contribution in [0.4, 0.5) is 0 Å². The standard InChI is InChI=1S/C13H28N2/c1-4-8-12(3)15-10-7-6-9-13(15)11-14-5-2/h12-14H,4-11H2,1-3H3. The largest absolute Gasteiger partial charge is 0.315 e. The van der Waals surface area contributed by atoms with Crippen LogP contribution in [0.1, 0.15) is 52.9 Å². The Bertz CT molecular complexity index is 159. The minimum Gasteiger partial charge on any atom is -0.315 e. The van der Waals surface area contributed by atoms with Crippen LogP contribution < -0.4 is 5.32 Å². The van der Waals surface area contributed by atoms with Crippen LogP contribution in [-0.2, 0) is 0 Å². The summed E-state index contributed by atoms with van der Waals surface area (Å²) < 4.78 is 0. The molecule has 15 heavy (non-hydrogen) atoms. The van der Waals surface area contributed by atoms with Gasteiger partial charge >= 0.3 is 0 Å². The van der Waals surface area contributed by atoms with Gasteiger partial charge in [0.05, 0.1) is 0 Å². The molecule has 0 radical (unpaired) electrons. The van der Waals surface area contributed by atoms with Crippen LogP contribution in [-0.4, -0.2) is 36.6 Å². The lowest BCUT2D eigenvalue weighted by molar-refractivity contribution is 0.0971. The predicted octanol–water partition coefficient (Wildman–Crippen LogP) is 2.64. The SMILES string of the molecule is CCCC(C)N1CCCCC1CNCC. The summed E-state index contributed by atoms with van der Waals surface area (Å²) in [7, 11) is 0. The molecule has 0 spiro atoms. The first-order valence-corrected chi connectivity index (χ1v) is 6.76. The van der Waals surface area contributed by atoms with Crippen LogP contribution in [0.25, 0.3) is 0 Å². The number of hydrogen-bond donors (Lipinski definition) is 1. The molecule has 0 aliphatic carbocycles. The maximum absolute atomic E-state index is 3.50. The highest BCUT2D eigenvalue weighted by Crippen LogP contribution is 2.21. The van der Waals surface area contributed by atoms with Gasteiger partial charge in [0.15, 0.2) is 0 Å². The summed E-state index contributed by atoms with van der Waals surface area (Å²) in [5.74, 6) is 0. The third-order valence-corrected chi connectivity index (χ3v) is 3.58.